The van der Waals surface area contributed by atoms with Crippen molar-refractivity contribution in [3.8, 4) is 78.0 Å². The van der Waals surface area contributed by atoms with Gasteiger partial charge in [-0.3, -0.25) is 4.98 Å². The van der Waals surface area contributed by atoms with Crippen LogP contribution in [-0.2, 0) is 0 Å². The van der Waals surface area contributed by atoms with Crippen LogP contribution >= 0.6 is 0 Å². The quantitative estimate of drug-likeness (QED) is 0.134. The lowest BCUT2D eigenvalue weighted by molar-refractivity contribution is 1.25. The summed E-state index contributed by atoms with van der Waals surface area (Å²) in [6.07, 6.45) is 1.91. The maximum Gasteiger partial charge on any atom is 0.252 e. The first-order chi connectivity index (χ1) is 37.2. The standard InChI is InChI=1S/C71H48BN3/c1-7-21-49(22-8-1)55-34-36-64-67(45-55)74(62-41-57(51-25-11-3-12-26-51)39-58(42-62)52-27-13-4-14-28-52)69-47-61(66-33-19-20-38-73-66)48-70-71(69)72(64)65-37-35-56(50-23-9-2-10-24-50)46-68(65)75(70)63-43-59(53-29-15-5-16-30-53)40-60(44-63)54-31-17-6-18-32-54/h1-48H. The predicted octanol–water partition coefficient (Wildman–Crippen LogP) is 16.8. The Hall–Kier alpha value is -9.77. The van der Waals surface area contributed by atoms with Gasteiger partial charge >= 0.3 is 0 Å². The highest BCUT2D eigenvalue weighted by Gasteiger charge is 2.44. The van der Waals surface area contributed by atoms with Crippen LogP contribution in [0.1, 0.15) is 0 Å². The molecule has 11 aromatic carbocycles. The van der Waals surface area contributed by atoms with Crippen molar-refractivity contribution in [1.29, 1.82) is 0 Å². The number of hydrogen-bond donors (Lipinski definition) is 0. The van der Waals surface area contributed by atoms with E-state index in [0.29, 0.717) is 0 Å². The molecule has 0 saturated heterocycles. The molecule has 4 heteroatoms. The highest BCUT2D eigenvalue weighted by Crippen LogP contribution is 2.49. The number of aromatic nitrogens is 1. The molecule has 0 N–H and O–H groups in total. The first kappa shape index (κ1) is 44.0. The zero-order chi connectivity index (χ0) is 49.7. The van der Waals surface area contributed by atoms with Crippen molar-refractivity contribution in [3.63, 3.8) is 0 Å². The van der Waals surface area contributed by atoms with Crippen LogP contribution in [0.5, 0.6) is 0 Å². The van der Waals surface area contributed by atoms with Crippen molar-refractivity contribution < 1.29 is 0 Å². The smallest absolute Gasteiger partial charge is 0.252 e. The van der Waals surface area contributed by atoms with Gasteiger partial charge in [0.25, 0.3) is 6.71 Å². The molecular weight excluding hydrogens is 906 g/mol. The molecule has 0 saturated carbocycles. The molecule has 3 heterocycles. The lowest BCUT2D eigenvalue weighted by Crippen LogP contribution is -2.61. The Morgan fingerprint density at radius 2 is 0.560 bits per heavy atom. The molecular formula is C71H48BN3. The van der Waals surface area contributed by atoms with Crippen LogP contribution in [0.4, 0.5) is 34.1 Å². The number of nitrogens with zero attached hydrogens (tertiary/aromatic N) is 3. The van der Waals surface area contributed by atoms with Gasteiger partial charge in [0.2, 0.25) is 0 Å². The van der Waals surface area contributed by atoms with Crippen molar-refractivity contribution in [1.82, 2.24) is 4.98 Å². The average molecular weight is 954 g/mol. The molecule has 1 aromatic heterocycles. The first-order valence-corrected chi connectivity index (χ1v) is 25.8. The highest BCUT2D eigenvalue weighted by atomic mass is 15.2. The van der Waals surface area contributed by atoms with E-state index in [-0.39, 0.29) is 6.71 Å². The van der Waals surface area contributed by atoms with E-state index in [1.54, 1.807) is 0 Å². The van der Waals surface area contributed by atoms with Gasteiger partial charge in [-0.15, -0.1) is 0 Å². The lowest BCUT2D eigenvalue weighted by atomic mass is 9.33. The van der Waals surface area contributed by atoms with Gasteiger partial charge in [0.15, 0.2) is 0 Å². The third kappa shape index (κ3) is 8.01. The van der Waals surface area contributed by atoms with E-state index in [4.69, 9.17) is 4.98 Å². The summed E-state index contributed by atoms with van der Waals surface area (Å²) in [7, 11) is 0. The minimum atomic E-state index is -0.114. The SMILES string of the molecule is c1ccc(-c2cc(-c3ccccc3)cc(N3c4cc(-c5ccccc5)ccc4B4c5ccc(-c6ccccc6)cc5N(c5cc(-c6ccccc6)cc(-c6ccccc6)c5)c5cc(-c6ccccn6)cc3c54)c2)cc1. The Morgan fingerprint density at radius 1 is 0.240 bits per heavy atom. The summed E-state index contributed by atoms with van der Waals surface area (Å²) in [5.74, 6) is 0. The third-order valence-corrected chi connectivity index (χ3v) is 15.0. The van der Waals surface area contributed by atoms with Gasteiger partial charge in [-0.25, -0.2) is 0 Å². The molecule has 0 aliphatic carbocycles. The van der Waals surface area contributed by atoms with Gasteiger partial charge < -0.3 is 9.80 Å². The van der Waals surface area contributed by atoms with Gasteiger partial charge in [-0.05, 0) is 156 Å². The number of fused-ring (bicyclic) bond motifs is 4. The monoisotopic (exact) mass is 953 g/mol. The fourth-order valence-electron chi connectivity index (χ4n) is 11.5. The van der Waals surface area contributed by atoms with Crippen molar-refractivity contribution in [3.05, 3.63) is 291 Å². The normalized spacial score (nSPS) is 12.2. The van der Waals surface area contributed by atoms with Crippen molar-refractivity contribution in [2.24, 2.45) is 0 Å². The third-order valence-electron chi connectivity index (χ3n) is 15.0. The zero-order valence-corrected chi connectivity index (χ0v) is 41.1. The van der Waals surface area contributed by atoms with E-state index >= 15 is 0 Å². The van der Waals surface area contributed by atoms with E-state index in [1.807, 2.05) is 12.3 Å². The van der Waals surface area contributed by atoms with Crippen LogP contribution in [-0.4, -0.2) is 11.7 Å². The molecule has 0 amide bonds. The minimum Gasteiger partial charge on any atom is -0.311 e. The van der Waals surface area contributed by atoms with Crippen molar-refractivity contribution in [2.75, 3.05) is 9.80 Å². The molecule has 12 aromatic rings. The lowest BCUT2D eigenvalue weighted by Gasteiger charge is -2.45. The van der Waals surface area contributed by atoms with Crippen LogP contribution < -0.4 is 26.2 Å². The summed E-state index contributed by atoms with van der Waals surface area (Å²) in [5.41, 5.74) is 26.3. The average Bonchev–Trinajstić information content (AvgIpc) is 3.50. The molecule has 75 heavy (non-hydrogen) atoms. The van der Waals surface area contributed by atoms with Crippen molar-refractivity contribution in [2.45, 2.75) is 0 Å². The van der Waals surface area contributed by atoms with Gasteiger partial charge in [0, 0.05) is 45.9 Å². The van der Waals surface area contributed by atoms with E-state index in [9.17, 15) is 0 Å². The molecule has 0 radical (unpaired) electrons. The summed E-state index contributed by atoms with van der Waals surface area (Å²) in [4.78, 5) is 10.2. The van der Waals surface area contributed by atoms with E-state index in [0.717, 1.165) is 101 Å². The van der Waals surface area contributed by atoms with E-state index in [1.165, 1.54) is 27.5 Å². The van der Waals surface area contributed by atoms with Gasteiger partial charge in [-0.1, -0.05) is 212 Å². The highest BCUT2D eigenvalue weighted by molar-refractivity contribution is 7.00. The molecule has 0 spiro atoms. The van der Waals surface area contributed by atoms with E-state index < -0.39 is 0 Å². The second-order valence-electron chi connectivity index (χ2n) is 19.5. The number of rotatable bonds is 9. The maximum absolute atomic E-state index is 5.08. The molecule has 14 rings (SSSR count). The summed E-state index contributed by atoms with van der Waals surface area (Å²) >= 11 is 0. The molecule has 0 bridgehead atoms. The first-order valence-electron chi connectivity index (χ1n) is 25.8. The van der Waals surface area contributed by atoms with Crippen molar-refractivity contribution >= 4 is 57.2 Å². The van der Waals surface area contributed by atoms with Gasteiger partial charge in [-0.2, -0.15) is 0 Å². The Labute approximate surface area is 439 Å². The molecule has 0 atom stereocenters. The summed E-state index contributed by atoms with van der Waals surface area (Å²) in [6, 6.07) is 104. The predicted molar refractivity (Wildman–Crippen MR) is 316 cm³/mol. The Kier molecular flexibility index (Phi) is 11.0. The van der Waals surface area contributed by atoms with Crippen LogP contribution in [0.15, 0.2) is 291 Å². The number of pyridine rings is 1. The molecule has 0 unspecified atom stereocenters. The van der Waals surface area contributed by atoms with Crippen LogP contribution in [0.3, 0.4) is 0 Å². The minimum absolute atomic E-state index is 0.114. The van der Waals surface area contributed by atoms with E-state index in [2.05, 4.69) is 289 Å². The summed E-state index contributed by atoms with van der Waals surface area (Å²) in [6.45, 7) is -0.114. The fraction of sp³-hybridized carbons (Fsp3) is 0. The van der Waals surface area contributed by atoms with Crippen LogP contribution in [0.25, 0.3) is 78.0 Å². The topological polar surface area (TPSA) is 19.4 Å². The molecule has 0 fully saturated rings. The number of anilines is 6. The van der Waals surface area contributed by atoms with Crippen LogP contribution in [0.2, 0.25) is 0 Å². The number of benzene rings is 11. The second kappa shape index (κ2) is 18.7. The van der Waals surface area contributed by atoms with Crippen LogP contribution in [0, 0.1) is 0 Å². The maximum atomic E-state index is 5.08. The van der Waals surface area contributed by atoms with Gasteiger partial charge in [0.1, 0.15) is 0 Å². The Balaban J connectivity index is 1.11. The molecule has 2 aliphatic rings. The largest absolute Gasteiger partial charge is 0.311 e. The molecule has 2 aliphatic heterocycles. The Bertz CT molecular complexity index is 3680. The Morgan fingerprint density at radius 3 is 0.893 bits per heavy atom. The fourth-order valence-corrected chi connectivity index (χ4v) is 11.5. The molecule has 3 nitrogen and oxygen atoms in total. The second-order valence-corrected chi connectivity index (χ2v) is 19.5. The number of hydrogen-bond acceptors (Lipinski definition) is 3. The molecule has 350 valence electrons. The summed E-state index contributed by atoms with van der Waals surface area (Å²) in [5, 5.41) is 0. The zero-order valence-electron chi connectivity index (χ0n) is 41.1. The summed E-state index contributed by atoms with van der Waals surface area (Å²) < 4.78 is 0. The van der Waals surface area contributed by atoms with Gasteiger partial charge in [0.05, 0.1) is 5.69 Å².